The van der Waals surface area contributed by atoms with Crippen molar-refractivity contribution in [1.29, 1.82) is 0 Å². The zero-order valence-corrected chi connectivity index (χ0v) is 15.4. The Morgan fingerprint density at radius 2 is 1.96 bits per heavy atom. The predicted molar refractivity (Wildman–Crippen MR) is 103 cm³/mol. The van der Waals surface area contributed by atoms with Crippen molar-refractivity contribution >= 4 is 11.7 Å². The van der Waals surface area contributed by atoms with Gasteiger partial charge in [0.05, 0.1) is 7.11 Å². The summed E-state index contributed by atoms with van der Waals surface area (Å²) in [6.45, 7) is 7.62. The van der Waals surface area contributed by atoms with Crippen LogP contribution in [0.4, 0.5) is 5.82 Å². The fourth-order valence-corrected chi connectivity index (χ4v) is 3.15. The molecule has 0 atom stereocenters. The van der Waals surface area contributed by atoms with E-state index in [1.54, 1.807) is 19.4 Å². The minimum absolute atomic E-state index is 0.105. The molecule has 1 aromatic heterocycles. The Balaban J connectivity index is 1.63. The molecule has 1 saturated heterocycles. The van der Waals surface area contributed by atoms with E-state index in [-0.39, 0.29) is 5.91 Å². The second-order valence-electron chi connectivity index (χ2n) is 6.32. The number of para-hydroxylation sites is 1. The lowest BCUT2D eigenvalue weighted by molar-refractivity contribution is 0.0950. The minimum Gasteiger partial charge on any atom is -0.496 e. The first-order valence-corrected chi connectivity index (χ1v) is 9.04. The van der Waals surface area contributed by atoms with Gasteiger partial charge in [-0.05, 0) is 24.7 Å². The Morgan fingerprint density at radius 1 is 1.19 bits per heavy atom. The molecule has 1 aromatic carbocycles. The van der Waals surface area contributed by atoms with Gasteiger partial charge < -0.3 is 19.9 Å². The molecule has 2 heterocycles. The van der Waals surface area contributed by atoms with Gasteiger partial charge in [0.25, 0.3) is 5.91 Å². The Bertz CT molecular complexity index is 742. The van der Waals surface area contributed by atoms with E-state index < -0.39 is 0 Å². The molecule has 1 aliphatic rings. The standard InChI is InChI=1S/C20H26N4O2/c1-3-23-10-12-24(13-11-23)19-14-16(8-9-21-19)20(25)22-15-17-6-4-5-7-18(17)26-2/h4-9,14H,3,10-13,15H2,1-2H3,(H,22,25). The van der Waals surface area contributed by atoms with Crippen LogP contribution in [0.5, 0.6) is 5.75 Å². The summed E-state index contributed by atoms with van der Waals surface area (Å²) in [6, 6.07) is 11.3. The third kappa shape index (κ3) is 4.32. The van der Waals surface area contributed by atoms with E-state index in [1.807, 2.05) is 30.3 Å². The van der Waals surface area contributed by atoms with Gasteiger partial charge >= 0.3 is 0 Å². The Morgan fingerprint density at radius 3 is 2.69 bits per heavy atom. The number of piperazine rings is 1. The summed E-state index contributed by atoms with van der Waals surface area (Å²) in [5.41, 5.74) is 1.58. The number of nitrogens with zero attached hydrogens (tertiary/aromatic N) is 3. The fraction of sp³-hybridized carbons (Fsp3) is 0.400. The van der Waals surface area contributed by atoms with Gasteiger partial charge in [0.15, 0.2) is 0 Å². The molecule has 0 spiro atoms. The molecular weight excluding hydrogens is 328 g/mol. The van der Waals surface area contributed by atoms with Crippen molar-refractivity contribution in [3.8, 4) is 5.75 Å². The van der Waals surface area contributed by atoms with E-state index in [0.29, 0.717) is 12.1 Å². The van der Waals surface area contributed by atoms with Crippen molar-refractivity contribution in [3.05, 3.63) is 53.7 Å². The summed E-state index contributed by atoms with van der Waals surface area (Å²) in [5, 5.41) is 2.96. The highest BCUT2D eigenvalue weighted by Crippen LogP contribution is 2.18. The number of carbonyl (C=O) groups is 1. The molecule has 0 radical (unpaired) electrons. The lowest BCUT2D eigenvalue weighted by Gasteiger charge is -2.34. The number of ether oxygens (including phenoxy) is 1. The normalized spacial score (nSPS) is 14.9. The average molecular weight is 354 g/mol. The second kappa shape index (κ2) is 8.67. The molecule has 26 heavy (non-hydrogen) atoms. The molecule has 1 aliphatic heterocycles. The molecular formula is C20H26N4O2. The number of anilines is 1. The van der Waals surface area contributed by atoms with E-state index in [2.05, 4.69) is 27.0 Å². The van der Waals surface area contributed by atoms with Crippen molar-refractivity contribution in [1.82, 2.24) is 15.2 Å². The highest BCUT2D eigenvalue weighted by Gasteiger charge is 2.18. The van der Waals surface area contributed by atoms with Gasteiger partial charge in [-0.2, -0.15) is 0 Å². The van der Waals surface area contributed by atoms with E-state index in [1.165, 1.54) is 0 Å². The van der Waals surface area contributed by atoms with Crippen LogP contribution in [0.3, 0.4) is 0 Å². The third-order valence-corrected chi connectivity index (χ3v) is 4.78. The minimum atomic E-state index is -0.105. The number of benzene rings is 1. The molecule has 2 aromatic rings. The van der Waals surface area contributed by atoms with E-state index in [4.69, 9.17) is 4.74 Å². The van der Waals surface area contributed by atoms with Crippen LogP contribution in [0.25, 0.3) is 0 Å². The maximum absolute atomic E-state index is 12.5. The quantitative estimate of drug-likeness (QED) is 0.862. The van der Waals surface area contributed by atoms with Gasteiger partial charge in [0, 0.05) is 50.0 Å². The number of carbonyl (C=O) groups excluding carboxylic acids is 1. The number of likely N-dealkylation sites (N-methyl/N-ethyl adjacent to an activating group) is 1. The van der Waals surface area contributed by atoms with Crippen LogP contribution in [0.2, 0.25) is 0 Å². The van der Waals surface area contributed by atoms with E-state index >= 15 is 0 Å². The van der Waals surface area contributed by atoms with E-state index in [0.717, 1.165) is 49.9 Å². The van der Waals surface area contributed by atoms with Gasteiger partial charge in [-0.3, -0.25) is 4.79 Å². The Kier molecular flexibility index (Phi) is 6.07. The summed E-state index contributed by atoms with van der Waals surface area (Å²) in [7, 11) is 1.63. The van der Waals surface area contributed by atoms with Crippen molar-refractivity contribution in [2.24, 2.45) is 0 Å². The molecule has 1 fully saturated rings. The third-order valence-electron chi connectivity index (χ3n) is 4.78. The summed E-state index contributed by atoms with van der Waals surface area (Å²) in [4.78, 5) is 21.7. The maximum Gasteiger partial charge on any atom is 0.251 e. The lowest BCUT2D eigenvalue weighted by atomic mass is 10.2. The molecule has 0 saturated carbocycles. The van der Waals surface area contributed by atoms with Crippen LogP contribution in [-0.2, 0) is 6.54 Å². The number of hydrogen-bond donors (Lipinski definition) is 1. The first-order valence-electron chi connectivity index (χ1n) is 9.04. The SMILES string of the molecule is CCN1CCN(c2cc(C(=O)NCc3ccccc3OC)ccn2)CC1. The number of rotatable bonds is 6. The average Bonchev–Trinajstić information content (AvgIpc) is 2.72. The first-order chi connectivity index (χ1) is 12.7. The molecule has 6 nitrogen and oxygen atoms in total. The zero-order chi connectivity index (χ0) is 18.4. The van der Waals surface area contributed by atoms with Crippen molar-refractivity contribution in [2.45, 2.75) is 13.5 Å². The molecule has 0 aliphatic carbocycles. The van der Waals surface area contributed by atoms with Gasteiger partial charge in [-0.15, -0.1) is 0 Å². The van der Waals surface area contributed by atoms with Gasteiger partial charge in [-0.1, -0.05) is 25.1 Å². The summed E-state index contributed by atoms with van der Waals surface area (Å²) >= 11 is 0. The van der Waals surface area contributed by atoms with Crippen LogP contribution in [0.15, 0.2) is 42.6 Å². The van der Waals surface area contributed by atoms with Crippen molar-refractivity contribution in [2.75, 3.05) is 44.7 Å². The lowest BCUT2D eigenvalue weighted by Crippen LogP contribution is -2.46. The van der Waals surface area contributed by atoms with Crippen LogP contribution >= 0.6 is 0 Å². The summed E-state index contributed by atoms with van der Waals surface area (Å²) < 4.78 is 5.33. The van der Waals surface area contributed by atoms with Crippen molar-refractivity contribution < 1.29 is 9.53 Å². The van der Waals surface area contributed by atoms with E-state index in [9.17, 15) is 4.79 Å². The number of methoxy groups -OCH3 is 1. The molecule has 138 valence electrons. The summed E-state index contributed by atoms with van der Waals surface area (Å²) in [5.74, 6) is 1.54. The first kappa shape index (κ1) is 18.2. The Hall–Kier alpha value is -2.60. The topological polar surface area (TPSA) is 57.7 Å². The zero-order valence-electron chi connectivity index (χ0n) is 15.4. The molecule has 1 amide bonds. The Labute approximate surface area is 154 Å². The monoisotopic (exact) mass is 354 g/mol. The van der Waals surface area contributed by atoms with Crippen LogP contribution < -0.4 is 15.0 Å². The number of amides is 1. The number of pyridine rings is 1. The molecule has 3 rings (SSSR count). The molecule has 0 unspecified atom stereocenters. The predicted octanol–water partition coefficient (Wildman–Crippen LogP) is 2.16. The van der Waals surface area contributed by atoms with Gasteiger partial charge in [0.2, 0.25) is 0 Å². The number of nitrogens with one attached hydrogen (secondary N) is 1. The molecule has 6 heteroatoms. The number of aromatic nitrogens is 1. The number of hydrogen-bond acceptors (Lipinski definition) is 5. The van der Waals surface area contributed by atoms with Crippen LogP contribution in [0.1, 0.15) is 22.8 Å². The van der Waals surface area contributed by atoms with Crippen LogP contribution in [-0.4, -0.2) is 55.6 Å². The molecule has 1 N–H and O–H groups in total. The smallest absolute Gasteiger partial charge is 0.251 e. The summed E-state index contributed by atoms with van der Waals surface area (Å²) in [6.07, 6.45) is 1.71. The van der Waals surface area contributed by atoms with Crippen molar-refractivity contribution in [3.63, 3.8) is 0 Å². The fourth-order valence-electron chi connectivity index (χ4n) is 3.15. The van der Waals surface area contributed by atoms with Gasteiger partial charge in [0.1, 0.15) is 11.6 Å². The highest BCUT2D eigenvalue weighted by atomic mass is 16.5. The second-order valence-corrected chi connectivity index (χ2v) is 6.32. The van der Waals surface area contributed by atoms with Gasteiger partial charge in [-0.25, -0.2) is 4.98 Å². The highest BCUT2D eigenvalue weighted by molar-refractivity contribution is 5.94. The van der Waals surface area contributed by atoms with Crippen LogP contribution in [0, 0.1) is 0 Å². The largest absolute Gasteiger partial charge is 0.496 e. The molecule has 0 bridgehead atoms. The maximum atomic E-state index is 12.5.